The van der Waals surface area contributed by atoms with Crippen molar-refractivity contribution >= 4 is 28.8 Å². The van der Waals surface area contributed by atoms with Crippen LogP contribution in [0.25, 0.3) is 0 Å². The molecule has 6 heteroatoms. The Morgan fingerprint density at radius 3 is 3.07 bits per heavy atom. The highest BCUT2D eigenvalue weighted by Crippen LogP contribution is 2.08. The first-order valence-corrected chi connectivity index (χ1v) is 6.02. The highest BCUT2D eigenvalue weighted by atomic mass is 32.1. The molecule has 15 heavy (non-hydrogen) atoms. The van der Waals surface area contributed by atoms with Crippen LogP contribution in [-0.2, 0) is 6.54 Å². The molecule has 0 aromatic carbocycles. The number of carbonyl (C=O) groups excluding carboxylic acids is 1. The molecule has 0 saturated heterocycles. The van der Waals surface area contributed by atoms with E-state index >= 15 is 0 Å². The van der Waals surface area contributed by atoms with Gasteiger partial charge in [-0.25, -0.2) is 4.98 Å². The monoisotopic (exact) mass is 239 g/mol. The number of amides is 1. The van der Waals surface area contributed by atoms with E-state index in [1.807, 2.05) is 17.5 Å². The molecule has 0 aliphatic heterocycles. The van der Waals surface area contributed by atoms with E-state index in [-0.39, 0.29) is 5.91 Å². The van der Waals surface area contributed by atoms with Crippen molar-refractivity contribution < 1.29 is 4.79 Å². The maximum Gasteiger partial charge on any atom is 0.282 e. The predicted octanol–water partition coefficient (Wildman–Crippen LogP) is 1.84. The zero-order valence-corrected chi connectivity index (χ0v) is 9.69. The molecule has 2 aromatic heterocycles. The van der Waals surface area contributed by atoms with Crippen LogP contribution in [0.1, 0.15) is 20.5 Å². The Labute approximate surface area is 95.2 Å². The lowest BCUT2D eigenvalue weighted by Gasteiger charge is -1.98. The van der Waals surface area contributed by atoms with Crippen molar-refractivity contribution in [1.29, 1.82) is 0 Å². The highest BCUT2D eigenvalue weighted by molar-refractivity contribution is 7.10. The molecule has 0 spiro atoms. The zero-order valence-electron chi connectivity index (χ0n) is 8.06. The van der Waals surface area contributed by atoms with Crippen LogP contribution in [0.15, 0.2) is 17.5 Å². The van der Waals surface area contributed by atoms with Crippen molar-refractivity contribution in [2.45, 2.75) is 13.5 Å². The summed E-state index contributed by atoms with van der Waals surface area (Å²) in [4.78, 5) is 16.7. The van der Waals surface area contributed by atoms with Gasteiger partial charge in [-0.2, -0.15) is 4.37 Å². The second-order valence-electron chi connectivity index (χ2n) is 2.91. The van der Waals surface area contributed by atoms with Crippen LogP contribution in [0, 0.1) is 6.92 Å². The fraction of sp³-hybridized carbons (Fsp3) is 0.222. The SMILES string of the molecule is Cc1nsc(C(=O)NCc2cccs2)n1. The standard InChI is InChI=1S/C9H9N3OS2/c1-6-11-9(15-12-6)8(13)10-5-7-3-2-4-14-7/h2-4H,5H2,1H3,(H,10,13). The zero-order chi connectivity index (χ0) is 10.7. The van der Waals surface area contributed by atoms with Gasteiger partial charge in [0.25, 0.3) is 5.91 Å². The summed E-state index contributed by atoms with van der Waals surface area (Å²) < 4.78 is 3.96. The summed E-state index contributed by atoms with van der Waals surface area (Å²) in [7, 11) is 0. The minimum absolute atomic E-state index is 0.158. The fourth-order valence-electron chi connectivity index (χ4n) is 1.05. The number of rotatable bonds is 3. The van der Waals surface area contributed by atoms with Crippen molar-refractivity contribution in [3.05, 3.63) is 33.2 Å². The molecular weight excluding hydrogens is 230 g/mol. The van der Waals surface area contributed by atoms with Crippen molar-refractivity contribution in [3.63, 3.8) is 0 Å². The maximum absolute atomic E-state index is 11.6. The number of aromatic nitrogens is 2. The largest absolute Gasteiger partial charge is 0.345 e. The molecule has 0 aliphatic rings. The first-order valence-electron chi connectivity index (χ1n) is 4.36. The fourth-order valence-corrected chi connectivity index (χ4v) is 2.28. The lowest BCUT2D eigenvalue weighted by molar-refractivity contribution is 0.0951. The lowest BCUT2D eigenvalue weighted by Crippen LogP contribution is -2.22. The van der Waals surface area contributed by atoms with Crippen LogP contribution in [-0.4, -0.2) is 15.3 Å². The van der Waals surface area contributed by atoms with Gasteiger partial charge in [-0.3, -0.25) is 4.79 Å². The third-order valence-corrected chi connectivity index (χ3v) is 3.41. The van der Waals surface area contributed by atoms with Crippen molar-refractivity contribution in [2.75, 3.05) is 0 Å². The Hall–Kier alpha value is -1.27. The summed E-state index contributed by atoms with van der Waals surface area (Å²) >= 11 is 2.74. The van der Waals surface area contributed by atoms with Crippen LogP contribution >= 0.6 is 22.9 Å². The van der Waals surface area contributed by atoms with Gasteiger partial charge in [0.1, 0.15) is 5.82 Å². The van der Waals surface area contributed by atoms with Crippen molar-refractivity contribution in [1.82, 2.24) is 14.7 Å². The number of thiophene rings is 1. The molecule has 4 nitrogen and oxygen atoms in total. The molecule has 0 atom stereocenters. The van der Waals surface area contributed by atoms with Gasteiger partial charge < -0.3 is 5.32 Å². The molecule has 1 N–H and O–H groups in total. The summed E-state index contributed by atoms with van der Waals surface area (Å²) in [5.41, 5.74) is 0. The average Bonchev–Trinajstić information content (AvgIpc) is 2.84. The van der Waals surface area contributed by atoms with E-state index in [1.165, 1.54) is 0 Å². The molecule has 2 heterocycles. The maximum atomic E-state index is 11.6. The van der Waals surface area contributed by atoms with Gasteiger partial charge in [0, 0.05) is 4.88 Å². The van der Waals surface area contributed by atoms with Gasteiger partial charge in [0.2, 0.25) is 5.01 Å². The molecule has 78 valence electrons. The first-order chi connectivity index (χ1) is 7.25. The van der Waals surface area contributed by atoms with Gasteiger partial charge in [-0.05, 0) is 29.9 Å². The van der Waals surface area contributed by atoms with Gasteiger partial charge in [0.15, 0.2) is 0 Å². The van der Waals surface area contributed by atoms with Gasteiger partial charge in [-0.1, -0.05) is 6.07 Å². The number of nitrogens with one attached hydrogen (secondary N) is 1. The summed E-state index contributed by atoms with van der Waals surface area (Å²) in [6, 6.07) is 3.94. The Morgan fingerprint density at radius 2 is 2.47 bits per heavy atom. The van der Waals surface area contributed by atoms with Gasteiger partial charge in [0.05, 0.1) is 6.54 Å². The molecule has 0 bridgehead atoms. The molecule has 1 amide bonds. The third-order valence-electron chi connectivity index (χ3n) is 1.73. The van der Waals surface area contributed by atoms with Crippen LogP contribution < -0.4 is 5.32 Å². The lowest BCUT2D eigenvalue weighted by atomic mass is 10.4. The van der Waals surface area contributed by atoms with Gasteiger partial charge in [-0.15, -0.1) is 11.3 Å². The summed E-state index contributed by atoms with van der Waals surface area (Å²) in [6.45, 7) is 2.32. The summed E-state index contributed by atoms with van der Waals surface area (Å²) in [6.07, 6.45) is 0. The molecule has 2 aromatic rings. The van der Waals surface area contributed by atoms with Gasteiger partial charge >= 0.3 is 0 Å². The number of hydrogen-bond acceptors (Lipinski definition) is 5. The Balaban J connectivity index is 1.93. The van der Waals surface area contributed by atoms with E-state index < -0.39 is 0 Å². The molecular formula is C9H9N3OS2. The quantitative estimate of drug-likeness (QED) is 0.889. The molecule has 0 radical (unpaired) electrons. The highest BCUT2D eigenvalue weighted by Gasteiger charge is 2.10. The van der Waals surface area contributed by atoms with Crippen molar-refractivity contribution in [3.8, 4) is 0 Å². The second-order valence-corrected chi connectivity index (χ2v) is 4.69. The second kappa shape index (κ2) is 4.50. The van der Waals surface area contributed by atoms with E-state index in [9.17, 15) is 4.79 Å². The predicted molar refractivity (Wildman–Crippen MR) is 60.1 cm³/mol. The normalized spacial score (nSPS) is 10.2. The number of hydrogen-bond donors (Lipinski definition) is 1. The summed E-state index contributed by atoms with van der Waals surface area (Å²) in [5.74, 6) is 0.482. The number of carbonyl (C=O) groups is 1. The molecule has 0 fully saturated rings. The first kappa shape index (κ1) is 10.3. The van der Waals surface area contributed by atoms with Crippen LogP contribution in [0.3, 0.4) is 0 Å². The van der Waals surface area contributed by atoms with Crippen LogP contribution in [0.5, 0.6) is 0 Å². The topological polar surface area (TPSA) is 54.9 Å². The molecule has 0 saturated carbocycles. The minimum Gasteiger partial charge on any atom is -0.345 e. The molecule has 0 aliphatic carbocycles. The van der Waals surface area contributed by atoms with E-state index in [0.717, 1.165) is 16.4 Å². The van der Waals surface area contributed by atoms with Crippen molar-refractivity contribution in [2.24, 2.45) is 0 Å². The van der Waals surface area contributed by atoms with E-state index in [4.69, 9.17) is 0 Å². The third kappa shape index (κ3) is 2.60. The Bertz CT molecular complexity index is 450. The van der Waals surface area contributed by atoms with E-state index in [2.05, 4.69) is 14.7 Å². The van der Waals surface area contributed by atoms with E-state index in [0.29, 0.717) is 17.4 Å². The summed E-state index contributed by atoms with van der Waals surface area (Å²) in [5, 5.41) is 5.20. The molecule has 2 rings (SSSR count). The Kier molecular flexibility index (Phi) is 3.08. The number of nitrogens with zero attached hydrogens (tertiary/aromatic N) is 2. The van der Waals surface area contributed by atoms with Crippen LogP contribution in [0.2, 0.25) is 0 Å². The molecule has 0 unspecified atom stereocenters. The Morgan fingerprint density at radius 1 is 1.60 bits per heavy atom. The average molecular weight is 239 g/mol. The van der Waals surface area contributed by atoms with Crippen LogP contribution in [0.4, 0.5) is 0 Å². The van der Waals surface area contributed by atoms with E-state index in [1.54, 1.807) is 18.3 Å². The minimum atomic E-state index is -0.158. The number of aryl methyl sites for hydroxylation is 1. The smallest absolute Gasteiger partial charge is 0.282 e.